The molecule has 2 aromatic carbocycles. The first kappa shape index (κ1) is 20.8. The van der Waals surface area contributed by atoms with E-state index in [9.17, 15) is 23.2 Å². The van der Waals surface area contributed by atoms with Gasteiger partial charge in [-0.05, 0) is 49.6 Å². The number of anilines is 2. The van der Waals surface area contributed by atoms with Gasteiger partial charge in [-0.15, -0.1) is 0 Å². The minimum absolute atomic E-state index is 0.0303. The normalized spacial score (nSPS) is 20.9. The summed E-state index contributed by atoms with van der Waals surface area (Å²) in [5, 5.41) is 5.07. The Morgan fingerprint density at radius 2 is 1.77 bits per heavy atom. The molecule has 0 saturated carbocycles. The lowest BCUT2D eigenvalue weighted by molar-refractivity contribution is -0.133. The third-order valence-corrected chi connectivity index (χ3v) is 5.70. The minimum Gasteiger partial charge on any atom is -0.370 e. The fourth-order valence-corrected chi connectivity index (χ4v) is 4.00. The van der Waals surface area contributed by atoms with E-state index < -0.39 is 41.6 Å². The van der Waals surface area contributed by atoms with E-state index in [0.717, 1.165) is 30.8 Å². The second kappa shape index (κ2) is 7.98. The molecule has 2 saturated heterocycles. The molecule has 4 rings (SSSR count). The molecule has 0 spiro atoms. The number of hydrogen-bond acceptors (Lipinski definition) is 4. The van der Waals surface area contributed by atoms with E-state index in [-0.39, 0.29) is 5.69 Å². The summed E-state index contributed by atoms with van der Waals surface area (Å²) in [6, 6.07) is 8.97. The lowest BCUT2D eigenvalue weighted by atomic mass is 9.92. The van der Waals surface area contributed by atoms with Crippen molar-refractivity contribution in [1.29, 1.82) is 0 Å². The predicted octanol–water partition coefficient (Wildman–Crippen LogP) is 2.97. The number of nitrogens with zero attached hydrogens (tertiary/aromatic N) is 2. The van der Waals surface area contributed by atoms with Crippen LogP contribution < -0.4 is 15.5 Å². The Bertz CT molecular complexity index is 1040. The molecule has 2 aliphatic heterocycles. The van der Waals surface area contributed by atoms with Crippen LogP contribution in [0.15, 0.2) is 42.5 Å². The SMILES string of the molecule is CC1(c2ccc(F)cc2)NC(=O)N(CC(=O)Nc2c(F)cccc2N2CCCC2)C1=O. The maximum absolute atomic E-state index is 14.5. The standard InChI is InChI=1S/C22H22F2N4O3/c1-22(14-7-9-15(23)10-8-14)20(30)28(21(31)26-22)13-18(29)25-19-16(24)5-4-6-17(19)27-11-2-3-12-27/h4-10H,2-3,11-13H2,1H3,(H,25,29)(H,26,31). The molecule has 162 valence electrons. The van der Waals surface area contributed by atoms with Crippen molar-refractivity contribution in [2.24, 2.45) is 0 Å². The molecule has 2 aromatic rings. The van der Waals surface area contributed by atoms with Crippen molar-refractivity contribution in [3.63, 3.8) is 0 Å². The predicted molar refractivity (Wildman–Crippen MR) is 110 cm³/mol. The Morgan fingerprint density at radius 3 is 2.45 bits per heavy atom. The number of carbonyl (C=O) groups excluding carboxylic acids is 3. The molecule has 1 unspecified atom stereocenters. The van der Waals surface area contributed by atoms with Crippen LogP contribution >= 0.6 is 0 Å². The quantitative estimate of drug-likeness (QED) is 0.718. The highest BCUT2D eigenvalue weighted by molar-refractivity contribution is 6.10. The van der Waals surface area contributed by atoms with Crippen molar-refractivity contribution in [2.75, 3.05) is 29.9 Å². The molecular weight excluding hydrogens is 406 g/mol. The highest BCUT2D eigenvalue weighted by atomic mass is 19.1. The van der Waals surface area contributed by atoms with Gasteiger partial charge in [0.15, 0.2) is 0 Å². The average Bonchev–Trinajstić information content (AvgIpc) is 3.34. The summed E-state index contributed by atoms with van der Waals surface area (Å²) >= 11 is 0. The largest absolute Gasteiger partial charge is 0.370 e. The number of hydrogen-bond donors (Lipinski definition) is 2. The monoisotopic (exact) mass is 428 g/mol. The number of urea groups is 1. The maximum Gasteiger partial charge on any atom is 0.325 e. The summed E-state index contributed by atoms with van der Waals surface area (Å²) in [5.41, 5.74) is -0.438. The second-order valence-corrected chi connectivity index (χ2v) is 7.83. The minimum atomic E-state index is -1.43. The second-order valence-electron chi connectivity index (χ2n) is 7.83. The number of nitrogens with one attached hydrogen (secondary N) is 2. The Kier molecular flexibility index (Phi) is 5.34. The number of rotatable bonds is 5. The van der Waals surface area contributed by atoms with Gasteiger partial charge in [0.1, 0.15) is 29.4 Å². The number of benzene rings is 2. The van der Waals surface area contributed by atoms with E-state index in [1.54, 1.807) is 12.1 Å². The fourth-order valence-electron chi connectivity index (χ4n) is 4.00. The molecular formula is C22H22F2N4O3. The Labute approximate surface area is 178 Å². The van der Waals surface area contributed by atoms with Crippen LogP contribution in [0.2, 0.25) is 0 Å². The lowest BCUT2D eigenvalue weighted by Gasteiger charge is -2.23. The molecule has 31 heavy (non-hydrogen) atoms. The van der Waals surface area contributed by atoms with Crippen molar-refractivity contribution in [3.8, 4) is 0 Å². The first-order valence-corrected chi connectivity index (χ1v) is 10.0. The molecule has 4 amide bonds. The summed E-state index contributed by atoms with van der Waals surface area (Å²) in [6.45, 7) is 2.43. The molecule has 2 heterocycles. The lowest BCUT2D eigenvalue weighted by Crippen LogP contribution is -2.42. The van der Waals surface area contributed by atoms with Gasteiger partial charge in [-0.3, -0.25) is 14.5 Å². The molecule has 2 aliphatic rings. The number of carbonyl (C=O) groups is 3. The molecule has 0 bridgehead atoms. The summed E-state index contributed by atoms with van der Waals surface area (Å²) in [5.74, 6) is -2.41. The third-order valence-electron chi connectivity index (χ3n) is 5.70. The highest BCUT2D eigenvalue weighted by Crippen LogP contribution is 2.32. The number of para-hydroxylation sites is 1. The maximum atomic E-state index is 14.5. The van der Waals surface area contributed by atoms with Crippen LogP contribution in [-0.4, -0.2) is 42.4 Å². The Balaban J connectivity index is 1.51. The number of amides is 4. The average molecular weight is 428 g/mol. The third kappa shape index (κ3) is 3.83. The van der Waals surface area contributed by atoms with Gasteiger partial charge < -0.3 is 15.5 Å². The van der Waals surface area contributed by atoms with Crippen LogP contribution in [0.1, 0.15) is 25.3 Å². The van der Waals surface area contributed by atoms with Crippen LogP contribution in [-0.2, 0) is 15.1 Å². The van der Waals surface area contributed by atoms with E-state index in [0.29, 0.717) is 11.3 Å². The molecule has 7 nitrogen and oxygen atoms in total. The van der Waals surface area contributed by atoms with Crippen molar-refractivity contribution >= 4 is 29.2 Å². The van der Waals surface area contributed by atoms with Gasteiger partial charge in [0.05, 0.1) is 5.69 Å². The summed E-state index contributed by atoms with van der Waals surface area (Å²) in [7, 11) is 0. The zero-order chi connectivity index (χ0) is 22.2. The van der Waals surface area contributed by atoms with E-state index >= 15 is 0 Å². The number of imide groups is 1. The molecule has 9 heteroatoms. The van der Waals surface area contributed by atoms with Crippen LogP contribution in [0.4, 0.5) is 25.0 Å². The van der Waals surface area contributed by atoms with Crippen LogP contribution in [0.5, 0.6) is 0 Å². The van der Waals surface area contributed by atoms with E-state index in [1.165, 1.54) is 37.3 Å². The fraction of sp³-hybridized carbons (Fsp3) is 0.318. The molecule has 0 radical (unpaired) electrons. The summed E-state index contributed by atoms with van der Waals surface area (Å²) < 4.78 is 27.7. The van der Waals surface area contributed by atoms with Gasteiger partial charge in [0.25, 0.3) is 5.91 Å². The van der Waals surface area contributed by atoms with Crippen LogP contribution in [0, 0.1) is 11.6 Å². The van der Waals surface area contributed by atoms with E-state index in [4.69, 9.17) is 0 Å². The van der Waals surface area contributed by atoms with E-state index in [1.807, 2.05) is 4.90 Å². The smallest absolute Gasteiger partial charge is 0.325 e. The Morgan fingerprint density at radius 1 is 1.10 bits per heavy atom. The molecule has 0 aromatic heterocycles. The van der Waals surface area contributed by atoms with Crippen molar-refractivity contribution in [3.05, 3.63) is 59.7 Å². The van der Waals surface area contributed by atoms with Crippen molar-refractivity contribution in [1.82, 2.24) is 10.2 Å². The Hall–Kier alpha value is -3.49. The van der Waals surface area contributed by atoms with Gasteiger partial charge in [-0.25, -0.2) is 13.6 Å². The van der Waals surface area contributed by atoms with Crippen LogP contribution in [0.25, 0.3) is 0 Å². The first-order valence-electron chi connectivity index (χ1n) is 10.0. The topological polar surface area (TPSA) is 81.8 Å². The van der Waals surface area contributed by atoms with Gasteiger partial charge in [0.2, 0.25) is 5.91 Å². The zero-order valence-electron chi connectivity index (χ0n) is 17.0. The molecule has 2 fully saturated rings. The first-order chi connectivity index (χ1) is 14.8. The van der Waals surface area contributed by atoms with Gasteiger partial charge >= 0.3 is 6.03 Å². The van der Waals surface area contributed by atoms with Gasteiger partial charge in [-0.1, -0.05) is 18.2 Å². The molecule has 1 atom stereocenters. The van der Waals surface area contributed by atoms with Crippen LogP contribution in [0.3, 0.4) is 0 Å². The van der Waals surface area contributed by atoms with E-state index in [2.05, 4.69) is 10.6 Å². The van der Waals surface area contributed by atoms with Gasteiger partial charge in [0, 0.05) is 13.1 Å². The van der Waals surface area contributed by atoms with Crippen molar-refractivity contribution in [2.45, 2.75) is 25.3 Å². The zero-order valence-corrected chi connectivity index (χ0v) is 17.0. The molecule has 0 aliphatic carbocycles. The number of halogens is 2. The highest BCUT2D eigenvalue weighted by Gasteiger charge is 2.49. The van der Waals surface area contributed by atoms with Gasteiger partial charge in [-0.2, -0.15) is 0 Å². The summed E-state index contributed by atoms with van der Waals surface area (Å²) in [4.78, 5) is 40.8. The van der Waals surface area contributed by atoms with Crippen molar-refractivity contribution < 1.29 is 23.2 Å². The molecule has 2 N–H and O–H groups in total. The summed E-state index contributed by atoms with van der Waals surface area (Å²) in [6.07, 6.45) is 1.96.